The van der Waals surface area contributed by atoms with Gasteiger partial charge in [0.1, 0.15) is 5.82 Å². The molecule has 2 N–H and O–H groups in total. The van der Waals surface area contributed by atoms with Gasteiger partial charge in [0, 0.05) is 0 Å². The van der Waals surface area contributed by atoms with E-state index in [4.69, 9.17) is 21.9 Å². The van der Waals surface area contributed by atoms with Gasteiger partial charge in [0.05, 0.1) is 21.8 Å². The largest absolute Gasteiger partial charge is 0.417 e. The van der Waals surface area contributed by atoms with Crippen LogP contribution in [0.3, 0.4) is 0 Å². The molecule has 4 aromatic rings. The van der Waals surface area contributed by atoms with Crippen LogP contribution in [0.1, 0.15) is 5.56 Å². The topological polar surface area (TPSA) is 95.7 Å². The van der Waals surface area contributed by atoms with Crippen molar-refractivity contribution in [2.24, 2.45) is 0 Å². The smallest absolute Gasteiger partial charge is 0.382 e. The number of nitrogen functional groups attached to an aromatic ring is 1. The van der Waals surface area contributed by atoms with E-state index < -0.39 is 22.6 Å². The van der Waals surface area contributed by atoms with Crippen molar-refractivity contribution in [1.82, 2.24) is 25.1 Å². The molecular formula is C17H9ClF4N6O. The third-order valence-corrected chi connectivity index (χ3v) is 4.26. The monoisotopic (exact) mass is 424 g/mol. The van der Waals surface area contributed by atoms with Crippen molar-refractivity contribution in [1.29, 1.82) is 0 Å². The van der Waals surface area contributed by atoms with Crippen molar-refractivity contribution in [3.8, 4) is 28.7 Å². The Hall–Kier alpha value is -3.47. The summed E-state index contributed by atoms with van der Waals surface area (Å²) >= 11 is 5.73. The molecule has 0 aliphatic heterocycles. The second kappa shape index (κ2) is 6.85. The van der Waals surface area contributed by atoms with E-state index in [1.165, 1.54) is 18.2 Å². The van der Waals surface area contributed by atoms with Gasteiger partial charge in [-0.15, -0.1) is 5.10 Å². The van der Waals surface area contributed by atoms with Crippen LogP contribution in [0.2, 0.25) is 5.02 Å². The number of nitrogens with two attached hydrogens (primary N) is 1. The van der Waals surface area contributed by atoms with Gasteiger partial charge in [-0.3, -0.25) is 0 Å². The zero-order chi connectivity index (χ0) is 20.8. The molecule has 4 rings (SSSR count). The van der Waals surface area contributed by atoms with Gasteiger partial charge in [0.25, 0.3) is 5.89 Å². The Morgan fingerprint density at radius 1 is 1.10 bits per heavy atom. The van der Waals surface area contributed by atoms with E-state index in [2.05, 4.69) is 20.5 Å². The molecule has 0 fully saturated rings. The molecule has 0 amide bonds. The van der Waals surface area contributed by atoms with Gasteiger partial charge in [-0.2, -0.15) is 22.8 Å². The number of alkyl halides is 3. The number of rotatable bonds is 3. The van der Waals surface area contributed by atoms with Crippen LogP contribution in [-0.4, -0.2) is 25.1 Å². The Balaban J connectivity index is 1.70. The number of hydrogen-bond acceptors (Lipinski definition) is 6. The second-order valence-electron chi connectivity index (χ2n) is 5.80. The predicted molar refractivity (Wildman–Crippen MR) is 94.5 cm³/mol. The van der Waals surface area contributed by atoms with Gasteiger partial charge in [0.15, 0.2) is 11.5 Å². The van der Waals surface area contributed by atoms with E-state index in [9.17, 15) is 17.6 Å². The lowest BCUT2D eigenvalue weighted by Crippen LogP contribution is -2.08. The molecule has 148 valence electrons. The zero-order valence-electron chi connectivity index (χ0n) is 14.2. The summed E-state index contributed by atoms with van der Waals surface area (Å²) in [6.07, 6.45) is -4.60. The molecule has 0 saturated heterocycles. The van der Waals surface area contributed by atoms with Crippen molar-refractivity contribution >= 4 is 17.4 Å². The summed E-state index contributed by atoms with van der Waals surface area (Å²) in [5.41, 5.74) is 5.24. The van der Waals surface area contributed by atoms with E-state index >= 15 is 0 Å². The van der Waals surface area contributed by atoms with Crippen LogP contribution < -0.4 is 5.73 Å². The standard InChI is InChI=1S/C17H9ClF4N6O/c18-11-7-8(5-6-10(11)17(20,21)22)28-14(23)13(25-27-28)16-24-15(26-29-16)9-3-1-2-4-12(9)19/h1-7H,23H2. The number of aromatic nitrogens is 5. The highest BCUT2D eigenvalue weighted by Gasteiger charge is 2.33. The lowest BCUT2D eigenvalue weighted by atomic mass is 10.2. The van der Waals surface area contributed by atoms with Gasteiger partial charge >= 0.3 is 6.18 Å². The summed E-state index contributed by atoms with van der Waals surface area (Å²) in [5.74, 6) is -0.782. The van der Waals surface area contributed by atoms with Crippen molar-refractivity contribution in [3.05, 3.63) is 58.9 Å². The number of anilines is 1. The minimum atomic E-state index is -4.60. The Morgan fingerprint density at radius 2 is 1.86 bits per heavy atom. The fourth-order valence-electron chi connectivity index (χ4n) is 2.57. The summed E-state index contributed by atoms with van der Waals surface area (Å²) in [6, 6.07) is 8.83. The minimum Gasteiger partial charge on any atom is -0.382 e. The molecule has 0 aliphatic rings. The van der Waals surface area contributed by atoms with Crippen LogP contribution in [0.4, 0.5) is 23.4 Å². The Bertz CT molecular complexity index is 1200. The number of benzene rings is 2. The Kier molecular flexibility index (Phi) is 4.46. The van der Waals surface area contributed by atoms with Crippen LogP contribution in [-0.2, 0) is 6.18 Å². The molecule has 0 spiro atoms. The molecule has 2 aromatic carbocycles. The Morgan fingerprint density at radius 3 is 2.55 bits per heavy atom. The van der Waals surface area contributed by atoms with Crippen LogP contribution in [0, 0.1) is 5.82 Å². The van der Waals surface area contributed by atoms with Gasteiger partial charge in [-0.05, 0) is 30.3 Å². The van der Waals surface area contributed by atoms with E-state index in [0.29, 0.717) is 0 Å². The average Bonchev–Trinajstić information content (AvgIpc) is 3.27. The average molecular weight is 425 g/mol. The van der Waals surface area contributed by atoms with E-state index in [1.807, 2.05) is 0 Å². The molecule has 0 radical (unpaired) electrons. The fraction of sp³-hybridized carbons (Fsp3) is 0.0588. The Labute approximate surface area is 164 Å². The normalized spacial score (nSPS) is 11.8. The highest BCUT2D eigenvalue weighted by Crippen LogP contribution is 2.36. The van der Waals surface area contributed by atoms with Gasteiger partial charge in [-0.25, -0.2) is 4.39 Å². The van der Waals surface area contributed by atoms with Crippen molar-refractivity contribution < 1.29 is 22.1 Å². The molecule has 0 aliphatic carbocycles. The first-order valence-electron chi connectivity index (χ1n) is 7.93. The molecular weight excluding hydrogens is 416 g/mol. The second-order valence-corrected chi connectivity index (χ2v) is 6.21. The molecule has 2 heterocycles. The van der Waals surface area contributed by atoms with Crippen molar-refractivity contribution in [2.45, 2.75) is 6.18 Å². The number of hydrogen-bond donors (Lipinski definition) is 1. The SMILES string of the molecule is Nc1c(-c2nc(-c3ccccc3F)no2)nnn1-c1ccc(C(F)(F)F)c(Cl)c1. The molecule has 0 unspecified atom stereocenters. The van der Waals surface area contributed by atoms with Crippen molar-refractivity contribution in [3.63, 3.8) is 0 Å². The van der Waals surface area contributed by atoms with E-state index in [1.54, 1.807) is 6.07 Å². The molecule has 0 bridgehead atoms. The maximum atomic E-state index is 13.9. The van der Waals surface area contributed by atoms with Crippen molar-refractivity contribution in [2.75, 3.05) is 5.73 Å². The lowest BCUT2D eigenvalue weighted by Gasteiger charge is -2.10. The molecule has 2 aromatic heterocycles. The molecule has 7 nitrogen and oxygen atoms in total. The predicted octanol–water partition coefficient (Wildman–Crippen LogP) is 4.38. The van der Waals surface area contributed by atoms with Crippen LogP contribution in [0.5, 0.6) is 0 Å². The fourth-order valence-corrected chi connectivity index (χ4v) is 2.85. The highest BCUT2D eigenvalue weighted by atomic mass is 35.5. The first-order chi connectivity index (χ1) is 13.8. The molecule has 0 saturated carbocycles. The highest BCUT2D eigenvalue weighted by molar-refractivity contribution is 6.31. The van der Waals surface area contributed by atoms with Gasteiger partial charge in [-0.1, -0.05) is 34.1 Å². The molecule has 12 heteroatoms. The van der Waals surface area contributed by atoms with Gasteiger partial charge in [0.2, 0.25) is 5.82 Å². The quantitative estimate of drug-likeness (QED) is 0.490. The molecule has 29 heavy (non-hydrogen) atoms. The third kappa shape index (κ3) is 3.40. The number of nitrogens with zero attached hydrogens (tertiary/aromatic N) is 5. The number of halogens is 5. The summed E-state index contributed by atoms with van der Waals surface area (Å²) < 4.78 is 58.6. The van der Waals surface area contributed by atoms with Crippen LogP contribution in [0.25, 0.3) is 28.7 Å². The minimum absolute atomic E-state index is 0.0175. The van der Waals surface area contributed by atoms with Crippen LogP contribution in [0.15, 0.2) is 47.0 Å². The van der Waals surface area contributed by atoms with Gasteiger partial charge < -0.3 is 10.3 Å². The summed E-state index contributed by atoms with van der Waals surface area (Å²) in [7, 11) is 0. The zero-order valence-corrected chi connectivity index (χ0v) is 14.9. The lowest BCUT2D eigenvalue weighted by molar-refractivity contribution is -0.137. The summed E-state index contributed by atoms with van der Waals surface area (Å²) in [6.45, 7) is 0. The van der Waals surface area contributed by atoms with Crippen LogP contribution >= 0.6 is 11.6 Å². The first-order valence-corrected chi connectivity index (χ1v) is 8.31. The first kappa shape index (κ1) is 18.9. The van der Waals surface area contributed by atoms with E-state index in [0.717, 1.165) is 22.9 Å². The third-order valence-electron chi connectivity index (χ3n) is 3.95. The summed E-state index contributed by atoms with van der Waals surface area (Å²) in [4.78, 5) is 4.05. The maximum absolute atomic E-state index is 13.9. The summed E-state index contributed by atoms with van der Waals surface area (Å²) in [5, 5.41) is 10.8. The molecule has 0 atom stereocenters. The van der Waals surface area contributed by atoms with E-state index in [-0.39, 0.29) is 34.5 Å². The maximum Gasteiger partial charge on any atom is 0.417 e.